The Morgan fingerprint density at radius 1 is 1.00 bits per heavy atom. The second-order valence-corrected chi connectivity index (χ2v) is 6.66. The minimum Gasteiger partial charge on any atom is -0.415 e. The minimum absolute atomic E-state index is 0.00508. The summed E-state index contributed by atoms with van der Waals surface area (Å²) in [6.45, 7) is 0. The van der Waals surface area contributed by atoms with E-state index in [4.69, 9.17) is 4.42 Å². The first-order valence-corrected chi connectivity index (χ1v) is 8.65. The highest BCUT2D eigenvalue weighted by Crippen LogP contribution is 2.43. The molecule has 0 spiro atoms. The zero-order valence-corrected chi connectivity index (χ0v) is 14.1. The van der Waals surface area contributed by atoms with Crippen molar-refractivity contribution >= 4 is 0 Å². The summed E-state index contributed by atoms with van der Waals surface area (Å²) in [4.78, 5) is 8.83. The van der Waals surface area contributed by atoms with E-state index in [0.29, 0.717) is 5.56 Å². The maximum Gasteiger partial charge on any atom is 0.314 e. The molecule has 1 aliphatic rings. The Kier molecular flexibility index (Phi) is 4.44. The van der Waals surface area contributed by atoms with Gasteiger partial charge in [0.25, 0.3) is 11.8 Å². The van der Waals surface area contributed by atoms with Crippen molar-refractivity contribution in [2.45, 2.75) is 43.9 Å². The summed E-state index contributed by atoms with van der Waals surface area (Å²) in [6.07, 6.45) is 5.70. The number of hydrogen-bond donors (Lipinski definition) is 0. The lowest BCUT2D eigenvalue weighted by molar-refractivity contribution is 0.116. The zero-order chi connectivity index (χ0) is 18.0. The molecule has 4 rings (SSSR count). The molecule has 3 aromatic rings. The summed E-state index contributed by atoms with van der Waals surface area (Å²) in [5.41, 5.74) is 1.83. The van der Waals surface area contributed by atoms with Crippen molar-refractivity contribution in [2.24, 2.45) is 0 Å². The number of rotatable bonds is 5. The van der Waals surface area contributed by atoms with Crippen molar-refractivity contribution in [2.75, 3.05) is 0 Å². The Labute approximate surface area is 149 Å². The molecular formula is C19H18F2N4O. The normalized spacial score (nSPS) is 16.3. The molecular weight excluding hydrogens is 338 g/mol. The highest BCUT2D eigenvalue weighted by Gasteiger charge is 2.36. The topological polar surface area (TPSA) is 64.7 Å². The molecule has 0 unspecified atom stereocenters. The molecule has 5 nitrogen and oxygen atoms in total. The maximum absolute atomic E-state index is 12.6. The second kappa shape index (κ2) is 6.90. The predicted octanol–water partition coefficient (Wildman–Crippen LogP) is 4.52. The third kappa shape index (κ3) is 3.21. The molecule has 2 aromatic heterocycles. The van der Waals surface area contributed by atoms with Crippen LogP contribution in [0.3, 0.4) is 0 Å². The molecule has 26 heavy (non-hydrogen) atoms. The van der Waals surface area contributed by atoms with Crippen LogP contribution in [0.2, 0.25) is 0 Å². The van der Waals surface area contributed by atoms with Gasteiger partial charge in [-0.3, -0.25) is 0 Å². The summed E-state index contributed by atoms with van der Waals surface area (Å²) in [5, 5.41) is 6.95. The van der Waals surface area contributed by atoms with Crippen LogP contribution < -0.4 is 0 Å². The second-order valence-electron chi connectivity index (χ2n) is 6.66. The van der Waals surface area contributed by atoms with Gasteiger partial charge in [0.05, 0.1) is 5.56 Å². The molecule has 1 fully saturated rings. The van der Waals surface area contributed by atoms with Crippen LogP contribution in [-0.2, 0) is 11.8 Å². The molecule has 2 heterocycles. The monoisotopic (exact) mass is 356 g/mol. The van der Waals surface area contributed by atoms with Gasteiger partial charge in [-0.2, -0.15) is 8.78 Å². The van der Waals surface area contributed by atoms with Crippen molar-refractivity contribution in [3.8, 4) is 11.5 Å². The number of benzene rings is 1. The molecule has 0 amide bonds. The summed E-state index contributed by atoms with van der Waals surface area (Å²) in [5.74, 6) is 0.0386. The fraction of sp³-hybridized carbons (Fsp3) is 0.368. The first-order valence-electron chi connectivity index (χ1n) is 8.65. The molecule has 134 valence electrons. The van der Waals surface area contributed by atoms with Crippen molar-refractivity contribution < 1.29 is 13.2 Å². The van der Waals surface area contributed by atoms with Gasteiger partial charge in [0.15, 0.2) is 0 Å². The molecule has 0 radical (unpaired) electrons. The van der Waals surface area contributed by atoms with Crippen LogP contribution in [0.4, 0.5) is 8.78 Å². The third-order valence-corrected chi connectivity index (χ3v) is 5.02. The Balaban J connectivity index is 1.56. The smallest absolute Gasteiger partial charge is 0.314 e. The van der Waals surface area contributed by atoms with Gasteiger partial charge < -0.3 is 4.42 Å². The van der Waals surface area contributed by atoms with Gasteiger partial charge in [0.1, 0.15) is 5.82 Å². The number of halogens is 2. The van der Waals surface area contributed by atoms with Crippen molar-refractivity contribution in [1.29, 1.82) is 0 Å². The largest absolute Gasteiger partial charge is 0.415 e. The number of hydrogen-bond acceptors (Lipinski definition) is 5. The van der Waals surface area contributed by atoms with Crippen molar-refractivity contribution in [3.63, 3.8) is 0 Å². The molecule has 1 saturated carbocycles. The van der Waals surface area contributed by atoms with E-state index in [1.54, 1.807) is 12.4 Å². The Morgan fingerprint density at radius 2 is 1.69 bits per heavy atom. The van der Waals surface area contributed by atoms with E-state index in [-0.39, 0.29) is 11.3 Å². The van der Waals surface area contributed by atoms with E-state index in [2.05, 4.69) is 44.4 Å². The minimum atomic E-state index is -2.79. The average molecular weight is 356 g/mol. The van der Waals surface area contributed by atoms with E-state index in [1.807, 2.05) is 6.07 Å². The average Bonchev–Trinajstić information content (AvgIpc) is 3.34. The number of alkyl halides is 2. The Bertz CT molecular complexity index is 859. The van der Waals surface area contributed by atoms with Gasteiger partial charge in [0.2, 0.25) is 0 Å². The first kappa shape index (κ1) is 16.8. The van der Waals surface area contributed by atoms with E-state index in [9.17, 15) is 8.78 Å². The van der Waals surface area contributed by atoms with Crippen LogP contribution in [0.25, 0.3) is 11.5 Å². The fourth-order valence-corrected chi connectivity index (χ4v) is 3.71. The van der Waals surface area contributed by atoms with Gasteiger partial charge >= 0.3 is 6.43 Å². The van der Waals surface area contributed by atoms with Crippen molar-refractivity contribution in [3.05, 3.63) is 60.0 Å². The van der Waals surface area contributed by atoms with Gasteiger partial charge in [-0.25, -0.2) is 9.97 Å². The Morgan fingerprint density at radius 3 is 2.31 bits per heavy atom. The van der Waals surface area contributed by atoms with Crippen LogP contribution in [0.15, 0.2) is 47.1 Å². The molecule has 0 aliphatic heterocycles. The zero-order valence-electron chi connectivity index (χ0n) is 14.1. The van der Waals surface area contributed by atoms with Gasteiger partial charge in [0, 0.05) is 24.2 Å². The van der Waals surface area contributed by atoms with Crippen LogP contribution in [0.5, 0.6) is 0 Å². The number of nitrogens with zero attached hydrogens (tertiary/aromatic N) is 4. The molecule has 0 saturated heterocycles. The van der Waals surface area contributed by atoms with Crippen LogP contribution in [0, 0.1) is 0 Å². The first-order chi connectivity index (χ1) is 12.7. The Hall–Kier alpha value is -2.70. The summed E-state index contributed by atoms with van der Waals surface area (Å²) < 4.78 is 30.1. The fourth-order valence-electron chi connectivity index (χ4n) is 3.71. The van der Waals surface area contributed by atoms with Gasteiger partial charge in [-0.05, 0) is 18.4 Å². The maximum atomic E-state index is 12.6. The SMILES string of the molecule is FC(F)c1nnc(-c2cnc(CC3(c4ccccc4)CCCC3)nc2)o1. The van der Waals surface area contributed by atoms with E-state index >= 15 is 0 Å². The molecule has 0 N–H and O–H groups in total. The van der Waals surface area contributed by atoms with Gasteiger partial charge in [-0.1, -0.05) is 43.2 Å². The van der Waals surface area contributed by atoms with E-state index in [0.717, 1.165) is 25.1 Å². The van der Waals surface area contributed by atoms with Crippen LogP contribution in [0.1, 0.15) is 49.4 Å². The van der Waals surface area contributed by atoms with Gasteiger partial charge in [-0.15, -0.1) is 10.2 Å². The molecule has 0 atom stereocenters. The molecule has 0 bridgehead atoms. The van der Waals surface area contributed by atoms with E-state index in [1.165, 1.54) is 18.4 Å². The lowest BCUT2D eigenvalue weighted by atomic mass is 9.76. The summed E-state index contributed by atoms with van der Waals surface area (Å²) in [7, 11) is 0. The summed E-state index contributed by atoms with van der Waals surface area (Å²) in [6, 6.07) is 10.5. The molecule has 1 aliphatic carbocycles. The van der Waals surface area contributed by atoms with Crippen molar-refractivity contribution in [1.82, 2.24) is 20.2 Å². The highest BCUT2D eigenvalue weighted by atomic mass is 19.3. The number of aromatic nitrogens is 4. The van der Waals surface area contributed by atoms with Crippen LogP contribution >= 0.6 is 0 Å². The molecule has 7 heteroatoms. The van der Waals surface area contributed by atoms with E-state index < -0.39 is 12.3 Å². The summed E-state index contributed by atoms with van der Waals surface area (Å²) >= 11 is 0. The lowest BCUT2D eigenvalue weighted by Gasteiger charge is -2.29. The third-order valence-electron chi connectivity index (χ3n) is 5.02. The quantitative estimate of drug-likeness (QED) is 0.672. The standard InChI is InChI=1S/C19H18F2N4O/c20-16(21)18-25-24-17(26-18)13-11-22-15(23-12-13)10-19(8-4-5-9-19)14-6-2-1-3-7-14/h1-3,6-7,11-12,16H,4-5,8-10H2. The lowest BCUT2D eigenvalue weighted by Crippen LogP contribution is -2.26. The molecule has 1 aromatic carbocycles. The predicted molar refractivity (Wildman–Crippen MR) is 90.6 cm³/mol. The highest BCUT2D eigenvalue weighted by molar-refractivity contribution is 5.48. The van der Waals surface area contributed by atoms with Crippen LogP contribution in [-0.4, -0.2) is 20.2 Å².